The van der Waals surface area contributed by atoms with Crippen LogP contribution in [0.25, 0.3) is 22.3 Å². The molecule has 0 bridgehead atoms. The highest BCUT2D eigenvalue weighted by atomic mass is 16.3. The molecular weight excluding hydrogens is 360 g/mol. The van der Waals surface area contributed by atoms with Gasteiger partial charge in [0.15, 0.2) is 5.43 Å². The molecule has 29 heavy (non-hydrogen) atoms. The SMILES string of the molecule is Cc1cc(C(C)Nc2ccccc2N)c2oc(-c3ccccc3)c(C)c(=O)c2c1. The Hall–Kier alpha value is -3.53. The first kappa shape index (κ1) is 18.8. The molecule has 4 rings (SSSR count). The lowest BCUT2D eigenvalue weighted by molar-refractivity contribution is 0.605. The van der Waals surface area contributed by atoms with Crippen LogP contribution in [-0.2, 0) is 0 Å². The molecule has 4 aromatic rings. The van der Waals surface area contributed by atoms with Gasteiger partial charge in [0.1, 0.15) is 11.3 Å². The van der Waals surface area contributed by atoms with Crippen molar-refractivity contribution in [2.75, 3.05) is 11.1 Å². The summed E-state index contributed by atoms with van der Waals surface area (Å²) in [5, 5.41) is 4.06. The van der Waals surface area contributed by atoms with Gasteiger partial charge in [-0.15, -0.1) is 0 Å². The Morgan fingerprint density at radius 2 is 1.66 bits per heavy atom. The van der Waals surface area contributed by atoms with Crippen LogP contribution in [0.5, 0.6) is 0 Å². The lowest BCUT2D eigenvalue weighted by atomic mass is 9.98. The van der Waals surface area contributed by atoms with Gasteiger partial charge in [-0.3, -0.25) is 4.79 Å². The molecule has 0 spiro atoms. The van der Waals surface area contributed by atoms with Crippen LogP contribution in [0.4, 0.5) is 11.4 Å². The number of hydrogen-bond donors (Lipinski definition) is 2. The third-order valence-corrected chi connectivity index (χ3v) is 5.23. The zero-order valence-corrected chi connectivity index (χ0v) is 16.8. The number of anilines is 2. The Kier molecular flexibility index (Phi) is 4.85. The van der Waals surface area contributed by atoms with Gasteiger partial charge >= 0.3 is 0 Å². The highest BCUT2D eigenvalue weighted by Crippen LogP contribution is 2.32. The van der Waals surface area contributed by atoms with E-state index in [4.69, 9.17) is 10.2 Å². The van der Waals surface area contributed by atoms with Gasteiger partial charge in [0.2, 0.25) is 0 Å². The van der Waals surface area contributed by atoms with Crippen LogP contribution >= 0.6 is 0 Å². The highest BCUT2D eigenvalue weighted by Gasteiger charge is 2.19. The fraction of sp³-hybridized carbons (Fsp3) is 0.160. The normalized spacial score (nSPS) is 12.1. The van der Waals surface area contributed by atoms with E-state index in [1.165, 1.54) is 0 Å². The predicted molar refractivity (Wildman–Crippen MR) is 120 cm³/mol. The number of nitrogens with two attached hydrogens (primary N) is 1. The maximum Gasteiger partial charge on any atom is 0.196 e. The molecule has 1 atom stereocenters. The minimum Gasteiger partial charge on any atom is -0.455 e. The van der Waals surface area contributed by atoms with Crippen molar-refractivity contribution in [3.8, 4) is 11.3 Å². The summed E-state index contributed by atoms with van der Waals surface area (Å²) < 4.78 is 6.36. The molecule has 4 nitrogen and oxygen atoms in total. The molecule has 0 amide bonds. The average molecular weight is 384 g/mol. The van der Waals surface area contributed by atoms with Crippen molar-refractivity contribution in [1.82, 2.24) is 0 Å². The van der Waals surface area contributed by atoms with Crippen molar-refractivity contribution in [2.45, 2.75) is 26.8 Å². The Balaban J connectivity index is 1.91. The summed E-state index contributed by atoms with van der Waals surface area (Å²) in [6.07, 6.45) is 0. The smallest absolute Gasteiger partial charge is 0.196 e. The minimum absolute atomic E-state index is 0.00137. The van der Waals surface area contributed by atoms with Gasteiger partial charge in [0.25, 0.3) is 0 Å². The number of aryl methyl sites for hydroxylation is 1. The lowest BCUT2D eigenvalue weighted by Gasteiger charge is -2.19. The van der Waals surface area contributed by atoms with E-state index in [9.17, 15) is 4.79 Å². The van der Waals surface area contributed by atoms with Gasteiger partial charge in [0.05, 0.1) is 22.8 Å². The first-order valence-corrected chi connectivity index (χ1v) is 9.70. The molecule has 1 heterocycles. The Morgan fingerprint density at radius 1 is 0.966 bits per heavy atom. The molecule has 0 aliphatic rings. The van der Waals surface area contributed by atoms with Crippen LogP contribution in [0.15, 0.2) is 75.9 Å². The van der Waals surface area contributed by atoms with Gasteiger partial charge in [-0.05, 0) is 44.5 Å². The van der Waals surface area contributed by atoms with Crippen LogP contribution < -0.4 is 16.5 Å². The van der Waals surface area contributed by atoms with Gasteiger partial charge in [-0.25, -0.2) is 0 Å². The molecule has 4 heteroatoms. The van der Waals surface area contributed by atoms with Gasteiger partial charge in [-0.1, -0.05) is 48.5 Å². The van der Waals surface area contributed by atoms with E-state index in [0.29, 0.717) is 28.0 Å². The van der Waals surface area contributed by atoms with Gasteiger partial charge in [-0.2, -0.15) is 0 Å². The second-order valence-electron chi connectivity index (χ2n) is 7.44. The van der Waals surface area contributed by atoms with E-state index in [0.717, 1.165) is 22.4 Å². The highest BCUT2D eigenvalue weighted by molar-refractivity contribution is 5.84. The zero-order valence-electron chi connectivity index (χ0n) is 16.8. The van der Waals surface area contributed by atoms with Crippen molar-refractivity contribution in [3.63, 3.8) is 0 Å². The molecule has 0 saturated carbocycles. The molecule has 1 unspecified atom stereocenters. The summed E-state index contributed by atoms with van der Waals surface area (Å²) in [5.74, 6) is 0.611. The molecule has 146 valence electrons. The number of para-hydroxylation sites is 2. The van der Waals surface area contributed by atoms with Crippen LogP contribution in [-0.4, -0.2) is 0 Å². The second-order valence-corrected chi connectivity index (χ2v) is 7.44. The molecule has 3 aromatic carbocycles. The van der Waals surface area contributed by atoms with Crippen molar-refractivity contribution < 1.29 is 4.42 Å². The first-order valence-electron chi connectivity index (χ1n) is 9.70. The average Bonchev–Trinajstić information content (AvgIpc) is 2.72. The summed E-state index contributed by atoms with van der Waals surface area (Å²) >= 11 is 0. The summed E-state index contributed by atoms with van der Waals surface area (Å²) in [4.78, 5) is 13.2. The van der Waals surface area contributed by atoms with Crippen molar-refractivity contribution >= 4 is 22.3 Å². The zero-order chi connectivity index (χ0) is 20.5. The van der Waals surface area contributed by atoms with Gasteiger partial charge in [0, 0.05) is 16.7 Å². The Bertz CT molecular complexity index is 1240. The van der Waals surface area contributed by atoms with Gasteiger partial charge < -0.3 is 15.5 Å². The number of benzene rings is 3. The molecule has 0 aliphatic carbocycles. The molecule has 3 N–H and O–H groups in total. The molecule has 0 fully saturated rings. The maximum absolute atomic E-state index is 13.2. The molecular formula is C25H24N2O2. The van der Waals surface area contributed by atoms with E-state index >= 15 is 0 Å². The third-order valence-electron chi connectivity index (χ3n) is 5.23. The third kappa shape index (κ3) is 3.49. The Labute approximate surface area is 170 Å². The number of hydrogen-bond acceptors (Lipinski definition) is 4. The Morgan fingerprint density at radius 3 is 2.38 bits per heavy atom. The van der Waals surface area contributed by atoms with E-state index in [-0.39, 0.29) is 11.5 Å². The second kappa shape index (κ2) is 7.47. The molecule has 0 saturated heterocycles. The molecule has 1 aromatic heterocycles. The van der Waals surface area contributed by atoms with E-state index in [1.807, 2.05) is 81.4 Å². The van der Waals surface area contributed by atoms with Crippen molar-refractivity contribution in [3.05, 3.63) is 93.6 Å². The largest absolute Gasteiger partial charge is 0.455 e. The molecule has 0 aliphatic heterocycles. The monoisotopic (exact) mass is 384 g/mol. The number of rotatable bonds is 4. The quantitative estimate of drug-likeness (QED) is 0.434. The van der Waals surface area contributed by atoms with Crippen molar-refractivity contribution in [2.24, 2.45) is 0 Å². The van der Waals surface area contributed by atoms with E-state index in [2.05, 4.69) is 11.4 Å². The van der Waals surface area contributed by atoms with E-state index < -0.39 is 0 Å². The van der Waals surface area contributed by atoms with E-state index in [1.54, 1.807) is 0 Å². The number of nitrogen functional groups attached to an aromatic ring is 1. The number of nitrogens with one attached hydrogen (secondary N) is 1. The fourth-order valence-electron chi connectivity index (χ4n) is 3.69. The van der Waals surface area contributed by atoms with Crippen LogP contribution in [0.1, 0.15) is 29.7 Å². The van der Waals surface area contributed by atoms with Crippen molar-refractivity contribution in [1.29, 1.82) is 0 Å². The predicted octanol–water partition coefficient (Wildman–Crippen LogP) is 5.83. The first-order chi connectivity index (χ1) is 14.0. The summed E-state index contributed by atoms with van der Waals surface area (Å²) in [5.41, 5.74) is 11.7. The number of fused-ring (bicyclic) bond motifs is 1. The summed E-state index contributed by atoms with van der Waals surface area (Å²) in [7, 11) is 0. The fourth-order valence-corrected chi connectivity index (χ4v) is 3.69. The van der Waals surface area contributed by atoms with Crippen LogP contribution in [0.3, 0.4) is 0 Å². The van der Waals surface area contributed by atoms with Crippen LogP contribution in [0.2, 0.25) is 0 Å². The lowest BCUT2D eigenvalue weighted by Crippen LogP contribution is -2.13. The van der Waals surface area contributed by atoms with Crippen LogP contribution in [0, 0.1) is 13.8 Å². The molecule has 0 radical (unpaired) electrons. The summed E-state index contributed by atoms with van der Waals surface area (Å²) in [6.45, 7) is 5.86. The standard InChI is InChI=1S/C25H24N2O2/c1-15-13-19(17(3)27-22-12-8-7-11-21(22)26)25-20(14-15)23(28)16(2)24(29-25)18-9-5-4-6-10-18/h4-14,17,27H,26H2,1-3H3. The summed E-state index contributed by atoms with van der Waals surface area (Å²) in [6, 6.07) is 21.3. The minimum atomic E-state index is -0.100. The maximum atomic E-state index is 13.2. The topological polar surface area (TPSA) is 68.3 Å².